The van der Waals surface area contributed by atoms with Crippen LogP contribution in [0.15, 0.2) is 11.4 Å². The second kappa shape index (κ2) is 6.23. The van der Waals surface area contributed by atoms with Gasteiger partial charge in [-0.3, -0.25) is 4.79 Å². The molecule has 4 heteroatoms. The molecule has 0 unspecified atom stereocenters. The Morgan fingerprint density at radius 3 is 3.00 bits per heavy atom. The topological polar surface area (TPSA) is 55.1 Å². The van der Waals surface area contributed by atoms with Gasteiger partial charge in [0, 0.05) is 11.9 Å². The van der Waals surface area contributed by atoms with E-state index in [2.05, 4.69) is 24.1 Å². The van der Waals surface area contributed by atoms with Gasteiger partial charge in [-0.1, -0.05) is 25.2 Å². The molecule has 1 saturated carbocycles. The summed E-state index contributed by atoms with van der Waals surface area (Å²) in [6.45, 7) is 3.35. The van der Waals surface area contributed by atoms with Gasteiger partial charge in [0.15, 0.2) is 0 Å². The van der Waals surface area contributed by atoms with Crippen LogP contribution < -0.4 is 11.1 Å². The lowest BCUT2D eigenvalue weighted by Crippen LogP contribution is -2.29. The Bertz CT molecular complexity index is 506. The summed E-state index contributed by atoms with van der Waals surface area (Å²) in [6, 6.07) is 1.84. The molecule has 1 amide bonds. The quantitative estimate of drug-likeness (QED) is 0.811. The highest BCUT2D eigenvalue weighted by molar-refractivity contribution is 7.10. The molecule has 0 radical (unpaired) electrons. The highest BCUT2D eigenvalue weighted by atomic mass is 32.1. The van der Waals surface area contributed by atoms with Crippen molar-refractivity contribution in [3.05, 3.63) is 21.9 Å². The molecule has 1 heterocycles. The van der Waals surface area contributed by atoms with Crippen molar-refractivity contribution in [3.8, 4) is 11.8 Å². The number of thiophene rings is 1. The van der Waals surface area contributed by atoms with Crippen molar-refractivity contribution >= 4 is 17.2 Å². The van der Waals surface area contributed by atoms with Gasteiger partial charge in [-0.05, 0) is 30.7 Å². The molecule has 19 heavy (non-hydrogen) atoms. The van der Waals surface area contributed by atoms with E-state index in [1.165, 1.54) is 37.0 Å². The predicted molar refractivity (Wildman–Crippen MR) is 79.2 cm³/mol. The molecule has 0 atom stereocenters. The van der Waals surface area contributed by atoms with Gasteiger partial charge in [0.2, 0.25) is 0 Å². The van der Waals surface area contributed by atoms with Gasteiger partial charge in [0.1, 0.15) is 0 Å². The van der Waals surface area contributed by atoms with Crippen LogP contribution in [0.3, 0.4) is 0 Å². The number of nitrogens with two attached hydrogens (primary N) is 1. The van der Waals surface area contributed by atoms with Gasteiger partial charge < -0.3 is 11.1 Å². The first-order valence-corrected chi connectivity index (χ1v) is 7.63. The predicted octanol–water partition coefficient (Wildman–Crippen LogP) is 2.37. The average Bonchev–Trinajstić information content (AvgIpc) is 3.01. The molecule has 102 valence electrons. The van der Waals surface area contributed by atoms with Gasteiger partial charge in [0.05, 0.1) is 17.0 Å². The summed E-state index contributed by atoms with van der Waals surface area (Å²) in [5.74, 6) is 5.76. The minimum Gasteiger partial charge on any atom is -0.351 e. The molecular weight excluding hydrogens is 256 g/mol. The van der Waals surface area contributed by atoms with Crippen LogP contribution in [0.5, 0.6) is 0 Å². The summed E-state index contributed by atoms with van der Waals surface area (Å²) in [7, 11) is 0. The van der Waals surface area contributed by atoms with Crippen molar-refractivity contribution in [2.45, 2.75) is 32.6 Å². The molecule has 0 aromatic carbocycles. The molecular formula is C15H20N2OS. The Balaban J connectivity index is 1.88. The van der Waals surface area contributed by atoms with Gasteiger partial charge >= 0.3 is 0 Å². The van der Waals surface area contributed by atoms with Crippen LogP contribution in [-0.2, 0) is 0 Å². The lowest BCUT2D eigenvalue weighted by molar-refractivity contribution is 0.0944. The summed E-state index contributed by atoms with van der Waals surface area (Å²) in [6.07, 6.45) is 4.90. The van der Waals surface area contributed by atoms with Crippen molar-refractivity contribution in [3.63, 3.8) is 0 Å². The molecule has 3 nitrogen and oxygen atoms in total. The standard InChI is InChI=1S/C15H20N2OS/c1-2-5-15(6-7-15)11-17-14(18)12-9-13(19-10-12)4-3-8-16/h9-10H,2,5-8,11,16H2,1H3,(H,17,18). The number of hydrogen-bond acceptors (Lipinski definition) is 3. The van der Waals surface area contributed by atoms with E-state index in [0.29, 0.717) is 17.5 Å². The van der Waals surface area contributed by atoms with Gasteiger partial charge in [0.25, 0.3) is 5.91 Å². The summed E-state index contributed by atoms with van der Waals surface area (Å²) < 4.78 is 0. The van der Waals surface area contributed by atoms with E-state index in [1.807, 2.05) is 11.4 Å². The second-order valence-electron chi connectivity index (χ2n) is 5.14. The molecule has 0 saturated heterocycles. The maximum absolute atomic E-state index is 12.0. The minimum absolute atomic E-state index is 0.0134. The van der Waals surface area contributed by atoms with Crippen LogP contribution in [0.2, 0.25) is 0 Å². The number of rotatable bonds is 5. The van der Waals surface area contributed by atoms with E-state index in [9.17, 15) is 4.79 Å². The van der Waals surface area contributed by atoms with Crippen LogP contribution in [0.1, 0.15) is 47.8 Å². The molecule has 2 rings (SSSR count). The SMILES string of the molecule is CCCC1(CNC(=O)c2csc(C#CCN)c2)CC1. The molecule has 0 bridgehead atoms. The zero-order valence-corrected chi connectivity index (χ0v) is 12.1. The molecule has 1 aromatic rings. The van der Waals surface area contributed by atoms with Crippen LogP contribution in [-0.4, -0.2) is 19.0 Å². The fourth-order valence-corrected chi connectivity index (χ4v) is 3.01. The first kappa shape index (κ1) is 14.1. The molecule has 1 aliphatic rings. The summed E-state index contributed by atoms with van der Waals surface area (Å²) in [5.41, 5.74) is 6.42. The van der Waals surface area contributed by atoms with E-state index >= 15 is 0 Å². The van der Waals surface area contributed by atoms with Gasteiger partial charge in [-0.2, -0.15) is 0 Å². The van der Waals surface area contributed by atoms with E-state index in [4.69, 9.17) is 5.73 Å². The van der Waals surface area contributed by atoms with Gasteiger partial charge in [-0.15, -0.1) is 11.3 Å². The lowest BCUT2D eigenvalue weighted by atomic mass is 10.0. The zero-order valence-electron chi connectivity index (χ0n) is 11.3. The van der Waals surface area contributed by atoms with E-state index in [-0.39, 0.29) is 5.91 Å². The first-order chi connectivity index (χ1) is 9.19. The third-order valence-corrected chi connectivity index (χ3v) is 4.38. The Morgan fingerprint density at radius 1 is 1.58 bits per heavy atom. The Hall–Kier alpha value is -1.31. The second-order valence-corrected chi connectivity index (χ2v) is 6.05. The third-order valence-electron chi connectivity index (χ3n) is 3.54. The molecule has 1 aromatic heterocycles. The normalized spacial score (nSPS) is 15.5. The molecule has 1 aliphatic carbocycles. The zero-order chi connectivity index (χ0) is 13.7. The van der Waals surface area contributed by atoms with Crippen LogP contribution in [0.25, 0.3) is 0 Å². The number of hydrogen-bond donors (Lipinski definition) is 2. The Morgan fingerprint density at radius 2 is 2.37 bits per heavy atom. The average molecular weight is 276 g/mol. The van der Waals surface area contributed by atoms with Gasteiger partial charge in [-0.25, -0.2) is 0 Å². The van der Waals surface area contributed by atoms with Crippen molar-refractivity contribution in [2.24, 2.45) is 11.1 Å². The van der Waals surface area contributed by atoms with Crippen molar-refractivity contribution < 1.29 is 4.79 Å². The van der Waals surface area contributed by atoms with E-state index in [1.54, 1.807) is 0 Å². The number of nitrogens with one attached hydrogen (secondary N) is 1. The third kappa shape index (κ3) is 3.82. The smallest absolute Gasteiger partial charge is 0.252 e. The first-order valence-electron chi connectivity index (χ1n) is 6.75. The fraction of sp³-hybridized carbons (Fsp3) is 0.533. The Labute approximate surface area is 118 Å². The largest absolute Gasteiger partial charge is 0.351 e. The maximum atomic E-state index is 12.0. The molecule has 3 N–H and O–H groups in total. The van der Waals surface area contributed by atoms with Crippen molar-refractivity contribution in [2.75, 3.05) is 13.1 Å². The highest BCUT2D eigenvalue weighted by Crippen LogP contribution is 2.48. The van der Waals surface area contributed by atoms with E-state index in [0.717, 1.165) is 11.4 Å². The Kier molecular flexibility index (Phi) is 4.62. The van der Waals surface area contributed by atoms with E-state index < -0.39 is 0 Å². The number of amides is 1. The lowest BCUT2D eigenvalue weighted by Gasteiger charge is -2.14. The van der Waals surface area contributed by atoms with Crippen molar-refractivity contribution in [1.29, 1.82) is 0 Å². The minimum atomic E-state index is 0.0134. The summed E-state index contributed by atoms with van der Waals surface area (Å²) in [4.78, 5) is 12.9. The molecule has 0 aliphatic heterocycles. The van der Waals surface area contributed by atoms with Crippen LogP contribution in [0, 0.1) is 17.3 Å². The monoisotopic (exact) mass is 276 g/mol. The highest BCUT2D eigenvalue weighted by Gasteiger charge is 2.41. The summed E-state index contributed by atoms with van der Waals surface area (Å²) >= 11 is 1.49. The van der Waals surface area contributed by atoms with Crippen LogP contribution >= 0.6 is 11.3 Å². The number of carbonyl (C=O) groups is 1. The maximum Gasteiger partial charge on any atom is 0.252 e. The summed E-state index contributed by atoms with van der Waals surface area (Å²) in [5, 5.41) is 4.91. The molecule has 0 spiro atoms. The number of carbonyl (C=O) groups excluding carboxylic acids is 1. The fourth-order valence-electron chi connectivity index (χ4n) is 2.25. The molecule has 1 fully saturated rings. The van der Waals surface area contributed by atoms with Crippen LogP contribution in [0.4, 0.5) is 0 Å². The van der Waals surface area contributed by atoms with Crippen molar-refractivity contribution in [1.82, 2.24) is 5.32 Å².